The Bertz CT molecular complexity index is 413. The highest BCUT2D eigenvalue weighted by Crippen LogP contribution is 2.41. The van der Waals surface area contributed by atoms with Crippen molar-refractivity contribution in [3.63, 3.8) is 0 Å². The standard InChI is InChI=1S/C26H46O/c1-25(2,3)23-15-11-21(12-16-23)9-7-19-27-20-8-10-22-13-17-24(18-14-22)26(4,5)6/h7-10,21-24H,11-20H2,1-6H3. The summed E-state index contributed by atoms with van der Waals surface area (Å²) < 4.78 is 5.79. The molecule has 0 heterocycles. The summed E-state index contributed by atoms with van der Waals surface area (Å²) in [6, 6.07) is 0. The fourth-order valence-corrected chi connectivity index (χ4v) is 5.06. The second-order valence-electron chi connectivity index (χ2n) is 11.3. The molecule has 0 N–H and O–H groups in total. The summed E-state index contributed by atoms with van der Waals surface area (Å²) in [6.07, 6.45) is 20.3. The molecule has 0 bridgehead atoms. The van der Waals surface area contributed by atoms with Gasteiger partial charge in [-0.1, -0.05) is 65.8 Å². The van der Waals surface area contributed by atoms with Gasteiger partial charge in [0, 0.05) is 0 Å². The molecule has 0 aromatic carbocycles. The Morgan fingerprint density at radius 2 is 0.926 bits per heavy atom. The third-order valence-electron chi connectivity index (χ3n) is 7.24. The quantitative estimate of drug-likeness (QED) is 0.340. The number of hydrogen-bond acceptors (Lipinski definition) is 1. The van der Waals surface area contributed by atoms with Crippen LogP contribution in [0.4, 0.5) is 0 Å². The molecule has 0 saturated heterocycles. The van der Waals surface area contributed by atoms with E-state index in [2.05, 4.69) is 65.8 Å². The molecule has 2 aliphatic rings. The fraction of sp³-hybridized carbons (Fsp3) is 0.846. The zero-order valence-corrected chi connectivity index (χ0v) is 19.1. The lowest BCUT2D eigenvalue weighted by Gasteiger charge is -2.36. The van der Waals surface area contributed by atoms with Crippen LogP contribution in [0.15, 0.2) is 24.3 Å². The number of rotatable bonds is 6. The van der Waals surface area contributed by atoms with E-state index in [1.165, 1.54) is 51.4 Å². The molecule has 0 aliphatic heterocycles. The molecule has 1 heteroatoms. The molecule has 0 aromatic heterocycles. The van der Waals surface area contributed by atoms with Crippen molar-refractivity contribution in [2.45, 2.75) is 92.9 Å². The number of ether oxygens (including phenoxy) is 1. The lowest BCUT2D eigenvalue weighted by molar-refractivity contribution is 0.161. The van der Waals surface area contributed by atoms with Crippen molar-refractivity contribution in [1.29, 1.82) is 0 Å². The summed E-state index contributed by atoms with van der Waals surface area (Å²) in [5.74, 6) is 3.37. The van der Waals surface area contributed by atoms with E-state index in [0.29, 0.717) is 10.8 Å². The van der Waals surface area contributed by atoms with Crippen LogP contribution in [0, 0.1) is 34.5 Å². The highest BCUT2D eigenvalue weighted by atomic mass is 16.5. The van der Waals surface area contributed by atoms with Crippen LogP contribution in [-0.2, 0) is 4.74 Å². The molecule has 156 valence electrons. The fourth-order valence-electron chi connectivity index (χ4n) is 5.06. The minimum Gasteiger partial charge on any atom is -0.373 e. The van der Waals surface area contributed by atoms with Gasteiger partial charge in [0.2, 0.25) is 0 Å². The van der Waals surface area contributed by atoms with E-state index < -0.39 is 0 Å². The molecule has 27 heavy (non-hydrogen) atoms. The molecular formula is C26H46O. The van der Waals surface area contributed by atoms with Crippen molar-refractivity contribution in [2.75, 3.05) is 13.2 Å². The molecule has 1 nitrogen and oxygen atoms in total. The normalized spacial score (nSPS) is 31.0. The van der Waals surface area contributed by atoms with E-state index in [4.69, 9.17) is 4.74 Å². The summed E-state index contributed by atoms with van der Waals surface area (Å²) in [5, 5.41) is 0. The van der Waals surface area contributed by atoms with Gasteiger partial charge < -0.3 is 4.74 Å². The minimum atomic E-state index is 0.482. The van der Waals surface area contributed by atoms with Gasteiger partial charge >= 0.3 is 0 Å². The number of allylic oxidation sites excluding steroid dienone is 2. The van der Waals surface area contributed by atoms with Gasteiger partial charge in [-0.3, -0.25) is 0 Å². The predicted molar refractivity (Wildman–Crippen MR) is 119 cm³/mol. The van der Waals surface area contributed by atoms with Crippen LogP contribution in [0.2, 0.25) is 0 Å². The third kappa shape index (κ3) is 8.14. The van der Waals surface area contributed by atoms with Crippen molar-refractivity contribution < 1.29 is 4.74 Å². The lowest BCUT2D eigenvalue weighted by Crippen LogP contribution is -2.25. The maximum absolute atomic E-state index is 5.79. The molecule has 0 aromatic rings. The Hall–Kier alpha value is -0.560. The highest BCUT2D eigenvalue weighted by Gasteiger charge is 2.29. The van der Waals surface area contributed by atoms with E-state index in [-0.39, 0.29) is 0 Å². The highest BCUT2D eigenvalue weighted by molar-refractivity contribution is 4.94. The zero-order chi connectivity index (χ0) is 19.9. The molecule has 2 aliphatic carbocycles. The van der Waals surface area contributed by atoms with Crippen molar-refractivity contribution in [3.8, 4) is 0 Å². The van der Waals surface area contributed by atoms with Gasteiger partial charge in [-0.25, -0.2) is 0 Å². The Morgan fingerprint density at radius 1 is 0.593 bits per heavy atom. The van der Waals surface area contributed by atoms with Gasteiger partial charge in [0.05, 0.1) is 13.2 Å². The van der Waals surface area contributed by atoms with Gasteiger partial charge in [0.25, 0.3) is 0 Å². The van der Waals surface area contributed by atoms with Crippen LogP contribution >= 0.6 is 0 Å². The van der Waals surface area contributed by atoms with Crippen LogP contribution in [0.3, 0.4) is 0 Å². The molecular weight excluding hydrogens is 328 g/mol. The molecule has 0 unspecified atom stereocenters. The van der Waals surface area contributed by atoms with Crippen molar-refractivity contribution >= 4 is 0 Å². The van der Waals surface area contributed by atoms with Gasteiger partial charge in [0.15, 0.2) is 0 Å². The maximum Gasteiger partial charge on any atom is 0.0651 e. The third-order valence-corrected chi connectivity index (χ3v) is 7.24. The van der Waals surface area contributed by atoms with Gasteiger partial charge in [-0.2, -0.15) is 0 Å². The van der Waals surface area contributed by atoms with E-state index in [1.807, 2.05) is 0 Å². The minimum absolute atomic E-state index is 0.482. The van der Waals surface area contributed by atoms with E-state index >= 15 is 0 Å². The SMILES string of the molecule is CC(C)(C)C1CCC(C=CCOCC=CC2CCC(C(C)(C)C)CC2)CC1. The summed E-state index contributed by atoms with van der Waals surface area (Å²) in [5.41, 5.74) is 0.965. The Balaban J connectivity index is 1.54. The van der Waals surface area contributed by atoms with Crippen molar-refractivity contribution in [1.82, 2.24) is 0 Å². The van der Waals surface area contributed by atoms with Gasteiger partial charge in [0.1, 0.15) is 0 Å². The lowest BCUT2D eigenvalue weighted by atomic mass is 9.70. The Morgan fingerprint density at radius 3 is 1.22 bits per heavy atom. The van der Waals surface area contributed by atoms with E-state index in [1.54, 1.807) is 0 Å². The first kappa shape index (κ1) is 22.7. The Kier molecular flexibility index (Phi) is 8.66. The molecule has 2 fully saturated rings. The van der Waals surface area contributed by atoms with Crippen LogP contribution in [-0.4, -0.2) is 13.2 Å². The van der Waals surface area contributed by atoms with Crippen LogP contribution in [0.25, 0.3) is 0 Å². The molecule has 0 radical (unpaired) electrons. The average Bonchev–Trinajstić information content (AvgIpc) is 2.60. The molecule has 0 amide bonds. The van der Waals surface area contributed by atoms with Gasteiger partial charge in [-0.15, -0.1) is 0 Å². The molecule has 0 atom stereocenters. The van der Waals surface area contributed by atoms with Crippen molar-refractivity contribution in [2.24, 2.45) is 34.5 Å². The first-order valence-corrected chi connectivity index (χ1v) is 11.6. The van der Waals surface area contributed by atoms with Crippen molar-refractivity contribution in [3.05, 3.63) is 24.3 Å². The summed E-state index contributed by atoms with van der Waals surface area (Å²) in [7, 11) is 0. The summed E-state index contributed by atoms with van der Waals surface area (Å²) in [4.78, 5) is 0. The van der Waals surface area contributed by atoms with Crippen LogP contribution < -0.4 is 0 Å². The van der Waals surface area contributed by atoms with Crippen LogP contribution in [0.5, 0.6) is 0 Å². The molecule has 2 rings (SSSR count). The van der Waals surface area contributed by atoms with E-state index in [9.17, 15) is 0 Å². The second kappa shape index (κ2) is 10.3. The monoisotopic (exact) mass is 374 g/mol. The second-order valence-corrected chi connectivity index (χ2v) is 11.3. The summed E-state index contributed by atoms with van der Waals surface area (Å²) >= 11 is 0. The number of hydrogen-bond donors (Lipinski definition) is 0. The first-order chi connectivity index (χ1) is 12.7. The predicted octanol–water partition coefficient (Wildman–Crippen LogP) is 7.82. The summed E-state index contributed by atoms with van der Waals surface area (Å²) in [6.45, 7) is 15.9. The van der Waals surface area contributed by atoms with Gasteiger partial charge in [-0.05, 0) is 85.9 Å². The molecule has 0 spiro atoms. The molecule has 2 saturated carbocycles. The largest absolute Gasteiger partial charge is 0.373 e. The average molecular weight is 375 g/mol. The van der Waals surface area contributed by atoms with E-state index in [0.717, 1.165) is 36.9 Å². The Labute approximate surface area is 170 Å². The topological polar surface area (TPSA) is 9.23 Å². The van der Waals surface area contributed by atoms with Crippen LogP contribution in [0.1, 0.15) is 92.9 Å². The first-order valence-electron chi connectivity index (χ1n) is 11.6. The maximum atomic E-state index is 5.79. The zero-order valence-electron chi connectivity index (χ0n) is 19.1. The smallest absolute Gasteiger partial charge is 0.0651 e.